The molecule has 2 aromatic rings. The summed E-state index contributed by atoms with van der Waals surface area (Å²) in [6, 6.07) is 10.1. The first-order chi connectivity index (χ1) is 15.0. The second-order valence-corrected chi connectivity index (χ2v) is 6.77. The van der Waals surface area contributed by atoms with Gasteiger partial charge < -0.3 is 20.9 Å². The topological polar surface area (TPSA) is 102 Å². The smallest absolute Gasteiger partial charge is 0.419 e. The van der Waals surface area contributed by atoms with Crippen LogP contribution >= 0.6 is 0 Å². The molecular weight excluding hydrogens is 425 g/mol. The van der Waals surface area contributed by atoms with Crippen LogP contribution in [0.4, 0.5) is 18.9 Å². The molecule has 0 saturated carbocycles. The summed E-state index contributed by atoms with van der Waals surface area (Å²) in [6.45, 7) is 0.374. The predicted octanol–water partition coefficient (Wildman–Crippen LogP) is 2.26. The Kier molecular flexibility index (Phi) is 7.53. The van der Waals surface area contributed by atoms with Crippen molar-refractivity contribution in [3.63, 3.8) is 0 Å². The Bertz CT molecular complexity index is 1100. The van der Waals surface area contributed by atoms with Gasteiger partial charge in [-0.2, -0.15) is 13.2 Å². The summed E-state index contributed by atoms with van der Waals surface area (Å²) >= 11 is 0. The average molecular weight is 444 g/mol. The molecule has 0 unspecified atom stereocenters. The number of carbonyl (C=O) groups is 2. The van der Waals surface area contributed by atoms with E-state index in [1.54, 1.807) is 24.3 Å². The molecule has 0 aliphatic carbocycles. The molecule has 0 bridgehead atoms. The Labute approximate surface area is 182 Å². The summed E-state index contributed by atoms with van der Waals surface area (Å²) in [5.41, 5.74) is 3.85. The number of methoxy groups -OCH3 is 1. The molecule has 0 aromatic heterocycles. The van der Waals surface area contributed by atoms with E-state index in [2.05, 4.69) is 28.4 Å². The minimum atomic E-state index is -5.19. The highest BCUT2D eigenvalue weighted by Crippen LogP contribution is 2.33. The number of ether oxygens (including phenoxy) is 1. The number of nitrogen functional groups attached to an aromatic ring is 1. The Morgan fingerprint density at radius 3 is 1.91 bits per heavy atom. The SMILES string of the molecule is COC(=O)[C@@H](NC(=O)c1ccc(C#CC#Cc2ccc(N)cc2)cc1)[C@](C)(O)C(F)(F)F. The standard InChI is InChI=1S/C23H19F3N2O4/c1-22(31,23(24,25)26)19(21(30)32-2)28-20(29)17-11-7-15(8-12-17)5-3-4-6-16-9-13-18(27)14-10-16/h7-14,19,31H,27H2,1-2H3,(H,28,29)/t19-,22+/m1/s1. The molecule has 0 radical (unpaired) electrons. The summed E-state index contributed by atoms with van der Waals surface area (Å²) in [7, 11) is 0.845. The third kappa shape index (κ3) is 6.03. The first-order valence-electron chi connectivity index (χ1n) is 9.11. The van der Waals surface area contributed by atoms with Crippen molar-refractivity contribution in [1.82, 2.24) is 5.32 Å². The maximum atomic E-state index is 13.1. The van der Waals surface area contributed by atoms with Crippen LogP contribution in [-0.2, 0) is 9.53 Å². The second-order valence-electron chi connectivity index (χ2n) is 6.77. The molecule has 2 aromatic carbocycles. The maximum Gasteiger partial charge on any atom is 0.419 e. The molecule has 0 aliphatic heterocycles. The van der Waals surface area contributed by atoms with Crippen LogP contribution in [0.3, 0.4) is 0 Å². The number of benzene rings is 2. The first-order valence-corrected chi connectivity index (χ1v) is 9.11. The Hall–Kier alpha value is -3.95. The van der Waals surface area contributed by atoms with Gasteiger partial charge in [0.25, 0.3) is 5.91 Å². The van der Waals surface area contributed by atoms with Crippen LogP contribution in [0, 0.1) is 23.7 Å². The summed E-state index contributed by atoms with van der Waals surface area (Å²) in [4.78, 5) is 24.1. The van der Waals surface area contributed by atoms with E-state index in [0.717, 1.165) is 12.7 Å². The van der Waals surface area contributed by atoms with E-state index in [0.29, 0.717) is 18.2 Å². The Morgan fingerprint density at radius 2 is 1.47 bits per heavy atom. The molecule has 0 saturated heterocycles. The minimum absolute atomic E-state index is 0.0459. The van der Waals surface area contributed by atoms with Crippen molar-refractivity contribution < 1.29 is 32.6 Å². The van der Waals surface area contributed by atoms with Crippen molar-refractivity contribution in [3.8, 4) is 23.7 Å². The lowest BCUT2D eigenvalue weighted by Gasteiger charge is -2.33. The second kappa shape index (κ2) is 9.90. The van der Waals surface area contributed by atoms with Crippen LogP contribution in [0.25, 0.3) is 0 Å². The number of halogens is 3. The van der Waals surface area contributed by atoms with E-state index in [9.17, 15) is 27.9 Å². The number of nitrogens with two attached hydrogens (primary N) is 1. The van der Waals surface area contributed by atoms with Crippen molar-refractivity contribution in [1.29, 1.82) is 0 Å². The molecule has 166 valence electrons. The van der Waals surface area contributed by atoms with Gasteiger partial charge in [0, 0.05) is 22.4 Å². The number of alkyl halides is 3. The van der Waals surface area contributed by atoms with Gasteiger partial charge in [0.2, 0.25) is 0 Å². The van der Waals surface area contributed by atoms with Gasteiger partial charge in [0.15, 0.2) is 11.6 Å². The minimum Gasteiger partial charge on any atom is -0.467 e. The number of carbonyl (C=O) groups excluding carboxylic acids is 2. The van der Waals surface area contributed by atoms with Gasteiger partial charge in [0.1, 0.15) is 0 Å². The Morgan fingerprint density at radius 1 is 1.00 bits per heavy atom. The van der Waals surface area contributed by atoms with Gasteiger partial charge in [-0.25, -0.2) is 4.79 Å². The van der Waals surface area contributed by atoms with Crippen LogP contribution in [0.5, 0.6) is 0 Å². The molecular formula is C23H19F3N2O4. The summed E-state index contributed by atoms with van der Waals surface area (Å²) in [5.74, 6) is 8.45. The highest BCUT2D eigenvalue weighted by Gasteiger charge is 2.58. The third-order valence-electron chi connectivity index (χ3n) is 4.38. The fraction of sp³-hybridized carbons (Fsp3) is 0.217. The summed E-state index contributed by atoms with van der Waals surface area (Å²) < 4.78 is 43.6. The van der Waals surface area contributed by atoms with E-state index in [-0.39, 0.29) is 5.56 Å². The van der Waals surface area contributed by atoms with Crippen molar-refractivity contribution in [2.24, 2.45) is 0 Å². The fourth-order valence-electron chi connectivity index (χ4n) is 2.40. The monoisotopic (exact) mass is 444 g/mol. The molecule has 1 amide bonds. The van der Waals surface area contributed by atoms with Gasteiger partial charge in [0.05, 0.1) is 7.11 Å². The Balaban J connectivity index is 2.13. The van der Waals surface area contributed by atoms with Crippen molar-refractivity contribution in [2.45, 2.75) is 24.7 Å². The third-order valence-corrected chi connectivity index (χ3v) is 4.38. The number of hydrogen-bond donors (Lipinski definition) is 3. The summed E-state index contributed by atoms with van der Waals surface area (Å²) in [5, 5.41) is 11.7. The molecule has 0 fully saturated rings. The lowest BCUT2D eigenvalue weighted by atomic mass is 9.95. The number of aliphatic hydroxyl groups is 1. The van der Waals surface area contributed by atoms with E-state index in [1.807, 2.05) is 5.32 Å². The number of nitrogens with one attached hydrogen (secondary N) is 1. The largest absolute Gasteiger partial charge is 0.467 e. The van der Waals surface area contributed by atoms with Gasteiger partial charge >= 0.3 is 12.1 Å². The van der Waals surface area contributed by atoms with Crippen molar-refractivity contribution >= 4 is 17.6 Å². The average Bonchev–Trinajstić information content (AvgIpc) is 2.75. The van der Waals surface area contributed by atoms with Gasteiger partial charge in [-0.1, -0.05) is 11.8 Å². The molecule has 0 spiro atoms. The molecule has 9 heteroatoms. The van der Waals surface area contributed by atoms with Gasteiger partial charge in [-0.05, 0) is 67.3 Å². The van der Waals surface area contributed by atoms with Crippen LogP contribution in [0.1, 0.15) is 28.4 Å². The predicted molar refractivity (Wildman–Crippen MR) is 111 cm³/mol. The van der Waals surface area contributed by atoms with E-state index in [4.69, 9.17) is 5.73 Å². The number of esters is 1. The first kappa shape index (κ1) is 24.3. The van der Waals surface area contributed by atoms with Crippen LogP contribution in [0.15, 0.2) is 48.5 Å². The quantitative estimate of drug-likeness (QED) is 0.382. The zero-order valence-corrected chi connectivity index (χ0v) is 17.1. The van der Waals surface area contributed by atoms with Crippen LogP contribution in [0.2, 0.25) is 0 Å². The molecule has 4 N–H and O–H groups in total. The van der Waals surface area contributed by atoms with Crippen molar-refractivity contribution in [3.05, 3.63) is 65.2 Å². The van der Waals surface area contributed by atoms with E-state index in [1.165, 1.54) is 24.3 Å². The number of amides is 1. The lowest BCUT2D eigenvalue weighted by Crippen LogP contribution is -2.62. The summed E-state index contributed by atoms with van der Waals surface area (Å²) in [6.07, 6.45) is -5.19. The van der Waals surface area contributed by atoms with Gasteiger partial charge in [-0.3, -0.25) is 4.79 Å². The number of anilines is 1. The van der Waals surface area contributed by atoms with Gasteiger partial charge in [-0.15, -0.1) is 0 Å². The fourth-order valence-corrected chi connectivity index (χ4v) is 2.40. The normalized spacial score (nSPS) is 13.3. The lowest BCUT2D eigenvalue weighted by molar-refractivity contribution is -0.262. The highest BCUT2D eigenvalue weighted by molar-refractivity contribution is 5.97. The van der Waals surface area contributed by atoms with E-state index >= 15 is 0 Å². The highest BCUT2D eigenvalue weighted by atomic mass is 19.4. The molecule has 0 aliphatic rings. The van der Waals surface area contributed by atoms with Crippen molar-refractivity contribution in [2.75, 3.05) is 12.8 Å². The molecule has 0 heterocycles. The number of hydrogen-bond acceptors (Lipinski definition) is 5. The molecule has 6 nitrogen and oxygen atoms in total. The molecule has 2 atom stereocenters. The van der Waals surface area contributed by atoms with Crippen LogP contribution in [-0.4, -0.2) is 41.9 Å². The zero-order chi connectivity index (χ0) is 23.9. The number of rotatable bonds is 4. The van der Waals surface area contributed by atoms with E-state index < -0.39 is 29.7 Å². The molecule has 2 rings (SSSR count). The zero-order valence-electron chi connectivity index (χ0n) is 17.1. The van der Waals surface area contributed by atoms with Crippen LogP contribution < -0.4 is 11.1 Å². The molecule has 32 heavy (non-hydrogen) atoms. The maximum absolute atomic E-state index is 13.1.